The predicted octanol–water partition coefficient (Wildman–Crippen LogP) is 2.15. The van der Waals surface area contributed by atoms with E-state index in [2.05, 4.69) is 0 Å². The van der Waals surface area contributed by atoms with E-state index in [0.717, 1.165) is 23.4 Å². The van der Waals surface area contributed by atoms with E-state index in [4.69, 9.17) is 17.0 Å². The molecule has 1 fully saturated rings. The molecule has 1 aliphatic heterocycles. The fourth-order valence-electron chi connectivity index (χ4n) is 2.09. The SMILES string of the molecule is COC(=O)[C@H]1CCC(=S)N1Cc1ccccc1. The summed E-state index contributed by atoms with van der Waals surface area (Å²) in [6.45, 7) is 0.680. The fourth-order valence-corrected chi connectivity index (χ4v) is 2.40. The molecule has 0 saturated carbocycles. The third-order valence-electron chi connectivity index (χ3n) is 3.00. The molecule has 2 rings (SSSR count). The highest BCUT2D eigenvalue weighted by atomic mass is 32.1. The number of nitrogens with zero attached hydrogens (tertiary/aromatic N) is 1. The van der Waals surface area contributed by atoms with Crippen molar-refractivity contribution in [1.82, 2.24) is 4.90 Å². The number of rotatable bonds is 3. The lowest BCUT2D eigenvalue weighted by Crippen LogP contribution is -2.38. The molecule has 0 aliphatic carbocycles. The number of carbonyl (C=O) groups is 1. The summed E-state index contributed by atoms with van der Waals surface area (Å²) in [6.07, 6.45) is 1.56. The number of carbonyl (C=O) groups excluding carboxylic acids is 1. The summed E-state index contributed by atoms with van der Waals surface area (Å²) in [5, 5.41) is 0. The number of hydrogen-bond acceptors (Lipinski definition) is 3. The summed E-state index contributed by atoms with van der Waals surface area (Å²) in [5.74, 6) is -0.194. The Morgan fingerprint density at radius 2 is 2.18 bits per heavy atom. The van der Waals surface area contributed by atoms with E-state index in [1.165, 1.54) is 7.11 Å². The lowest BCUT2D eigenvalue weighted by molar-refractivity contribution is -0.145. The second-order valence-electron chi connectivity index (χ2n) is 4.08. The molecule has 3 nitrogen and oxygen atoms in total. The zero-order valence-corrected chi connectivity index (χ0v) is 10.6. The van der Waals surface area contributed by atoms with Crippen LogP contribution < -0.4 is 0 Å². The Balaban J connectivity index is 2.12. The van der Waals surface area contributed by atoms with Crippen LogP contribution in [-0.4, -0.2) is 29.0 Å². The van der Waals surface area contributed by atoms with Gasteiger partial charge in [-0.2, -0.15) is 0 Å². The average molecular weight is 249 g/mol. The Bertz CT molecular complexity index is 419. The van der Waals surface area contributed by atoms with E-state index < -0.39 is 0 Å². The smallest absolute Gasteiger partial charge is 0.328 e. The van der Waals surface area contributed by atoms with Crippen molar-refractivity contribution >= 4 is 23.2 Å². The standard InChI is InChI=1S/C13H15NO2S/c1-16-13(15)11-7-8-12(17)14(11)9-10-5-3-2-4-6-10/h2-6,11H,7-9H2,1H3/t11-/m1/s1. The fraction of sp³-hybridized carbons (Fsp3) is 0.385. The van der Waals surface area contributed by atoms with Crippen molar-refractivity contribution in [3.63, 3.8) is 0 Å². The average Bonchev–Trinajstić information content (AvgIpc) is 2.72. The van der Waals surface area contributed by atoms with Crippen LogP contribution in [0.25, 0.3) is 0 Å². The van der Waals surface area contributed by atoms with Crippen LogP contribution >= 0.6 is 12.2 Å². The number of thiocarbonyl (C=S) groups is 1. The van der Waals surface area contributed by atoms with Crippen molar-refractivity contribution in [3.05, 3.63) is 35.9 Å². The van der Waals surface area contributed by atoms with Crippen molar-refractivity contribution < 1.29 is 9.53 Å². The van der Waals surface area contributed by atoms with Crippen LogP contribution in [0.1, 0.15) is 18.4 Å². The minimum absolute atomic E-state index is 0.194. The largest absolute Gasteiger partial charge is 0.467 e. The minimum atomic E-state index is -0.215. The maximum absolute atomic E-state index is 11.6. The zero-order chi connectivity index (χ0) is 12.3. The van der Waals surface area contributed by atoms with Crippen molar-refractivity contribution in [3.8, 4) is 0 Å². The Morgan fingerprint density at radius 3 is 2.82 bits per heavy atom. The monoisotopic (exact) mass is 249 g/mol. The molecule has 0 N–H and O–H groups in total. The van der Waals surface area contributed by atoms with Crippen molar-refractivity contribution in [2.45, 2.75) is 25.4 Å². The maximum atomic E-state index is 11.6. The molecule has 0 bridgehead atoms. The van der Waals surface area contributed by atoms with Crippen LogP contribution in [0.3, 0.4) is 0 Å². The quantitative estimate of drug-likeness (QED) is 0.606. The Hall–Kier alpha value is -1.42. The Morgan fingerprint density at radius 1 is 1.47 bits per heavy atom. The molecule has 0 spiro atoms. The molecule has 1 aliphatic rings. The van der Waals surface area contributed by atoms with Crippen LogP contribution in [0.15, 0.2) is 30.3 Å². The van der Waals surface area contributed by atoms with E-state index in [1.807, 2.05) is 35.2 Å². The van der Waals surface area contributed by atoms with Crippen LogP contribution in [0.4, 0.5) is 0 Å². The van der Waals surface area contributed by atoms with Crippen molar-refractivity contribution in [2.24, 2.45) is 0 Å². The lowest BCUT2D eigenvalue weighted by atomic mass is 10.2. The van der Waals surface area contributed by atoms with Crippen LogP contribution in [0.5, 0.6) is 0 Å². The highest BCUT2D eigenvalue weighted by Crippen LogP contribution is 2.23. The number of benzene rings is 1. The van der Waals surface area contributed by atoms with Gasteiger partial charge in [-0.3, -0.25) is 0 Å². The summed E-state index contributed by atoms with van der Waals surface area (Å²) in [5.41, 5.74) is 1.16. The van der Waals surface area contributed by atoms with Gasteiger partial charge in [-0.1, -0.05) is 42.5 Å². The first-order valence-corrected chi connectivity index (χ1v) is 6.04. The van der Waals surface area contributed by atoms with Gasteiger partial charge in [0.1, 0.15) is 6.04 Å². The van der Waals surface area contributed by atoms with E-state index in [0.29, 0.717) is 6.54 Å². The number of esters is 1. The minimum Gasteiger partial charge on any atom is -0.467 e. The Labute approximate surface area is 106 Å². The molecular weight excluding hydrogens is 234 g/mol. The van der Waals surface area contributed by atoms with Gasteiger partial charge >= 0.3 is 5.97 Å². The molecule has 1 saturated heterocycles. The number of ether oxygens (including phenoxy) is 1. The third kappa shape index (κ3) is 2.64. The molecular formula is C13H15NO2S. The first-order valence-electron chi connectivity index (χ1n) is 5.63. The summed E-state index contributed by atoms with van der Waals surface area (Å²) >= 11 is 5.30. The van der Waals surface area contributed by atoms with Gasteiger partial charge in [-0.25, -0.2) is 4.79 Å². The number of likely N-dealkylation sites (tertiary alicyclic amines) is 1. The topological polar surface area (TPSA) is 29.5 Å². The Kier molecular flexibility index (Phi) is 3.74. The van der Waals surface area contributed by atoms with Gasteiger partial charge in [0.25, 0.3) is 0 Å². The summed E-state index contributed by atoms with van der Waals surface area (Å²) < 4.78 is 4.81. The zero-order valence-electron chi connectivity index (χ0n) is 9.76. The van der Waals surface area contributed by atoms with Crippen LogP contribution in [0.2, 0.25) is 0 Å². The highest BCUT2D eigenvalue weighted by molar-refractivity contribution is 7.80. The van der Waals surface area contributed by atoms with E-state index >= 15 is 0 Å². The molecule has 0 radical (unpaired) electrons. The van der Waals surface area contributed by atoms with E-state index in [-0.39, 0.29) is 12.0 Å². The van der Waals surface area contributed by atoms with Gasteiger partial charge in [0.2, 0.25) is 0 Å². The highest BCUT2D eigenvalue weighted by Gasteiger charge is 2.34. The van der Waals surface area contributed by atoms with Crippen molar-refractivity contribution in [1.29, 1.82) is 0 Å². The molecule has 0 unspecified atom stereocenters. The molecule has 90 valence electrons. The molecule has 4 heteroatoms. The van der Waals surface area contributed by atoms with Crippen molar-refractivity contribution in [2.75, 3.05) is 7.11 Å². The molecule has 1 atom stereocenters. The lowest BCUT2D eigenvalue weighted by Gasteiger charge is -2.24. The van der Waals surface area contributed by atoms with E-state index in [9.17, 15) is 4.79 Å². The molecule has 0 amide bonds. The summed E-state index contributed by atoms with van der Waals surface area (Å²) in [7, 11) is 1.42. The van der Waals surface area contributed by atoms with Gasteiger partial charge in [-0.05, 0) is 12.0 Å². The van der Waals surface area contributed by atoms with Gasteiger partial charge < -0.3 is 9.64 Å². The van der Waals surface area contributed by atoms with E-state index in [1.54, 1.807) is 0 Å². The maximum Gasteiger partial charge on any atom is 0.328 e. The van der Waals surface area contributed by atoms with Gasteiger partial charge in [0.15, 0.2) is 0 Å². The van der Waals surface area contributed by atoms with Crippen LogP contribution in [0, 0.1) is 0 Å². The van der Waals surface area contributed by atoms with Gasteiger partial charge in [0, 0.05) is 13.0 Å². The molecule has 1 heterocycles. The number of methoxy groups -OCH3 is 1. The third-order valence-corrected chi connectivity index (χ3v) is 3.44. The first kappa shape index (κ1) is 12.0. The summed E-state index contributed by atoms with van der Waals surface area (Å²) in [4.78, 5) is 14.5. The number of hydrogen-bond donors (Lipinski definition) is 0. The first-order chi connectivity index (χ1) is 8.22. The van der Waals surface area contributed by atoms with Crippen LogP contribution in [-0.2, 0) is 16.1 Å². The van der Waals surface area contributed by atoms with Gasteiger partial charge in [0.05, 0.1) is 12.1 Å². The molecule has 1 aromatic carbocycles. The second kappa shape index (κ2) is 5.27. The normalized spacial score (nSPS) is 19.5. The molecule has 1 aromatic rings. The second-order valence-corrected chi connectivity index (χ2v) is 4.56. The summed E-state index contributed by atoms with van der Waals surface area (Å²) in [6, 6.07) is 9.81. The molecule has 17 heavy (non-hydrogen) atoms. The molecule has 0 aromatic heterocycles. The van der Waals surface area contributed by atoms with Gasteiger partial charge in [-0.15, -0.1) is 0 Å². The predicted molar refractivity (Wildman–Crippen MR) is 69.6 cm³/mol.